The zero-order valence-corrected chi connectivity index (χ0v) is 13.0. The molecule has 1 saturated heterocycles. The van der Waals surface area contributed by atoms with Gasteiger partial charge in [-0.3, -0.25) is 4.90 Å². The molecule has 0 unspecified atom stereocenters. The summed E-state index contributed by atoms with van der Waals surface area (Å²) in [6.07, 6.45) is 4.68. The molecule has 118 valence electrons. The fraction of sp³-hybridized carbons (Fsp3) is 0.600. The van der Waals surface area contributed by atoms with Crippen LogP contribution in [0.4, 0.5) is 5.82 Å². The van der Waals surface area contributed by atoms with Crippen LogP contribution in [-0.2, 0) is 13.0 Å². The van der Waals surface area contributed by atoms with Crippen molar-refractivity contribution in [3.05, 3.63) is 30.0 Å². The fourth-order valence-corrected chi connectivity index (χ4v) is 2.69. The van der Waals surface area contributed by atoms with Crippen molar-refractivity contribution in [2.45, 2.75) is 32.7 Å². The van der Waals surface area contributed by atoms with Gasteiger partial charge in [-0.1, -0.05) is 12.1 Å². The summed E-state index contributed by atoms with van der Waals surface area (Å²) in [7, 11) is 0. The first kappa shape index (κ1) is 14.9. The van der Waals surface area contributed by atoms with Crippen LogP contribution in [0.25, 0.3) is 0 Å². The second-order valence-electron chi connectivity index (χ2n) is 5.55. The molecule has 0 aliphatic carbocycles. The molecule has 0 radical (unpaired) electrons. The molecule has 0 N–H and O–H groups in total. The molecule has 0 saturated carbocycles. The average molecular weight is 302 g/mol. The molecule has 3 rings (SSSR count). The van der Waals surface area contributed by atoms with Crippen LogP contribution in [0.5, 0.6) is 0 Å². The number of hydrogen-bond donors (Lipinski definition) is 0. The number of nitrogens with zero attached hydrogens (tertiary/aromatic N) is 6. The summed E-state index contributed by atoms with van der Waals surface area (Å²) in [4.78, 5) is 9.10. The van der Waals surface area contributed by atoms with E-state index >= 15 is 0 Å². The molecule has 3 heterocycles. The minimum absolute atomic E-state index is 0.744. The Labute approximate surface area is 130 Å². The lowest BCUT2D eigenvalue weighted by molar-refractivity contribution is 0.271. The first-order valence-electron chi connectivity index (χ1n) is 7.91. The topological polar surface area (TPSA) is 71.2 Å². The normalized spacial score (nSPS) is 16.7. The van der Waals surface area contributed by atoms with E-state index in [-0.39, 0.29) is 0 Å². The van der Waals surface area contributed by atoms with Crippen LogP contribution in [0.3, 0.4) is 0 Å². The largest absolute Gasteiger partial charge is 0.354 e. The Kier molecular flexibility index (Phi) is 4.95. The molecular weight excluding hydrogens is 280 g/mol. The highest BCUT2D eigenvalue weighted by Gasteiger charge is 2.18. The van der Waals surface area contributed by atoms with Gasteiger partial charge < -0.3 is 9.42 Å². The minimum atomic E-state index is 0.744. The van der Waals surface area contributed by atoms with Crippen LogP contribution in [0.15, 0.2) is 22.9 Å². The SMILES string of the molecule is CCCc1nc(CN2CCCN(c3cccnn3)CC2)no1. The Morgan fingerprint density at radius 3 is 3.00 bits per heavy atom. The van der Waals surface area contributed by atoms with Gasteiger partial charge in [-0.25, -0.2) is 0 Å². The van der Waals surface area contributed by atoms with Gasteiger partial charge in [-0.2, -0.15) is 10.1 Å². The van der Waals surface area contributed by atoms with Crippen molar-refractivity contribution in [2.24, 2.45) is 0 Å². The molecule has 1 fully saturated rings. The van der Waals surface area contributed by atoms with Crippen molar-refractivity contribution in [3.8, 4) is 0 Å². The van der Waals surface area contributed by atoms with E-state index in [9.17, 15) is 0 Å². The van der Waals surface area contributed by atoms with E-state index in [1.165, 1.54) is 0 Å². The highest BCUT2D eigenvalue weighted by Crippen LogP contribution is 2.13. The number of aromatic nitrogens is 4. The molecule has 1 aliphatic rings. The molecule has 0 bridgehead atoms. The molecule has 2 aromatic rings. The molecular formula is C15H22N6O. The fourth-order valence-electron chi connectivity index (χ4n) is 2.69. The number of rotatable bonds is 5. The Balaban J connectivity index is 1.56. The number of anilines is 1. The Hall–Kier alpha value is -2.02. The molecule has 22 heavy (non-hydrogen) atoms. The lowest BCUT2D eigenvalue weighted by atomic mass is 10.3. The second-order valence-corrected chi connectivity index (χ2v) is 5.55. The second kappa shape index (κ2) is 7.31. The Bertz CT molecular complexity index is 572. The Morgan fingerprint density at radius 2 is 2.18 bits per heavy atom. The summed E-state index contributed by atoms with van der Waals surface area (Å²) in [5.74, 6) is 2.49. The molecule has 0 spiro atoms. The molecule has 7 heteroatoms. The predicted molar refractivity (Wildman–Crippen MR) is 82.4 cm³/mol. The van der Waals surface area contributed by atoms with Crippen molar-refractivity contribution < 1.29 is 4.52 Å². The number of hydrogen-bond acceptors (Lipinski definition) is 7. The summed E-state index contributed by atoms with van der Waals surface area (Å²) in [5.41, 5.74) is 0. The first-order valence-corrected chi connectivity index (χ1v) is 7.91. The van der Waals surface area contributed by atoms with Gasteiger partial charge in [0, 0.05) is 38.8 Å². The van der Waals surface area contributed by atoms with Gasteiger partial charge in [0.25, 0.3) is 0 Å². The molecule has 0 aromatic carbocycles. The van der Waals surface area contributed by atoms with Gasteiger partial charge in [0.2, 0.25) is 5.89 Å². The van der Waals surface area contributed by atoms with Gasteiger partial charge >= 0.3 is 0 Å². The highest BCUT2D eigenvalue weighted by molar-refractivity contribution is 5.36. The zero-order chi connectivity index (χ0) is 15.2. The first-order chi connectivity index (χ1) is 10.8. The molecule has 0 atom stereocenters. The quantitative estimate of drug-likeness (QED) is 0.829. The maximum Gasteiger partial charge on any atom is 0.226 e. The summed E-state index contributed by atoms with van der Waals surface area (Å²) in [6, 6.07) is 3.94. The smallest absolute Gasteiger partial charge is 0.226 e. The van der Waals surface area contributed by atoms with Crippen LogP contribution in [0.1, 0.15) is 31.5 Å². The molecule has 2 aromatic heterocycles. The van der Waals surface area contributed by atoms with Crippen molar-refractivity contribution >= 4 is 5.82 Å². The van der Waals surface area contributed by atoms with Crippen molar-refractivity contribution in [1.82, 2.24) is 25.2 Å². The third-order valence-electron chi connectivity index (χ3n) is 3.81. The predicted octanol–water partition coefficient (Wildman–Crippen LogP) is 1.52. The summed E-state index contributed by atoms with van der Waals surface area (Å²) in [5, 5.41) is 12.2. The van der Waals surface area contributed by atoms with E-state index in [4.69, 9.17) is 4.52 Å². The van der Waals surface area contributed by atoms with Gasteiger partial charge in [-0.05, 0) is 25.0 Å². The number of aryl methyl sites for hydroxylation is 1. The van der Waals surface area contributed by atoms with Crippen LogP contribution in [-0.4, -0.2) is 51.4 Å². The average Bonchev–Trinajstić information content (AvgIpc) is 2.85. The van der Waals surface area contributed by atoms with Gasteiger partial charge in [0.1, 0.15) is 0 Å². The monoisotopic (exact) mass is 302 g/mol. The van der Waals surface area contributed by atoms with Crippen LogP contribution < -0.4 is 4.90 Å². The van der Waals surface area contributed by atoms with Gasteiger partial charge in [0.05, 0.1) is 6.54 Å². The standard InChI is InChI=1S/C15H22N6O/c1-2-5-15-17-13(19-22-15)12-20-8-4-9-21(11-10-20)14-6-3-7-16-18-14/h3,6-7H,2,4-5,8-12H2,1H3. The van der Waals surface area contributed by atoms with E-state index in [2.05, 4.69) is 37.1 Å². The van der Waals surface area contributed by atoms with Gasteiger partial charge in [-0.15, -0.1) is 5.10 Å². The van der Waals surface area contributed by atoms with Crippen molar-refractivity contribution in [2.75, 3.05) is 31.1 Å². The van der Waals surface area contributed by atoms with Gasteiger partial charge in [0.15, 0.2) is 11.6 Å². The van der Waals surface area contributed by atoms with E-state index in [0.29, 0.717) is 0 Å². The van der Waals surface area contributed by atoms with Crippen LogP contribution >= 0.6 is 0 Å². The zero-order valence-electron chi connectivity index (χ0n) is 13.0. The lowest BCUT2D eigenvalue weighted by Gasteiger charge is -2.21. The van der Waals surface area contributed by atoms with Crippen LogP contribution in [0, 0.1) is 0 Å². The molecule has 7 nitrogen and oxygen atoms in total. The highest BCUT2D eigenvalue weighted by atomic mass is 16.5. The Morgan fingerprint density at radius 1 is 1.23 bits per heavy atom. The summed E-state index contributed by atoms with van der Waals surface area (Å²) >= 11 is 0. The third kappa shape index (κ3) is 3.79. The summed E-state index contributed by atoms with van der Waals surface area (Å²) < 4.78 is 5.25. The third-order valence-corrected chi connectivity index (χ3v) is 3.81. The van der Waals surface area contributed by atoms with E-state index < -0.39 is 0 Å². The van der Waals surface area contributed by atoms with E-state index in [0.717, 1.165) is 69.5 Å². The van der Waals surface area contributed by atoms with Crippen LogP contribution in [0.2, 0.25) is 0 Å². The molecule has 0 amide bonds. The van der Waals surface area contributed by atoms with E-state index in [1.807, 2.05) is 12.1 Å². The van der Waals surface area contributed by atoms with Crippen molar-refractivity contribution in [1.29, 1.82) is 0 Å². The minimum Gasteiger partial charge on any atom is -0.354 e. The maximum atomic E-state index is 5.25. The van der Waals surface area contributed by atoms with E-state index in [1.54, 1.807) is 6.20 Å². The summed E-state index contributed by atoms with van der Waals surface area (Å²) in [6.45, 7) is 6.81. The van der Waals surface area contributed by atoms with Crippen molar-refractivity contribution in [3.63, 3.8) is 0 Å². The molecule has 1 aliphatic heterocycles. The lowest BCUT2D eigenvalue weighted by Crippen LogP contribution is -2.31. The maximum absolute atomic E-state index is 5.25.